The van der Waals surface area contributed by atoms with E-state index in [1.807, 2.05) is 18.2 Å². The maximum atomic E-state index is 10.3. The van der Waals surface area contributed by atoms with Gasteiger partial charge in [0.25, 0.3) is 0 Å². The van der Waals surface area contributed by atoms with Crippen LogP contribution in [0.3, 0.4) is 0 Å². The summed E-state index contributed by atoms with van der Waals surface area (Å²) in [6, 6.07) is 5.60. The molecule has 10 heteroatoms. The number of aliphatic hydroxyl groups is 2. The Kier molecular flexibility index (Phi) is 5.22. The molecule has 4 N–H and O–H groups in total. The van der Waals surface area contributed by atoms with Gasteiger partial charge in [0.05, 0.1) is 39.0 Å². The molecule has 10 nitrogen and oxygen atoms in total. The third-order valence-electron chi connectivity index (χ3n) is 5.00. The van der Waals surface area contributed by atoms with Crippen LogP contribution in [0.1, 0.15) is 23.9 Å². The fraction of sp³-hybridized carbons (Fsp3) is 0.421. The maximum Gasteiger partial charge on any atom is 0.222 e. The number of nitrogens with two attached hydrogens (primary N) is 1. The largest absolute Gasteiger partial charge is 0.493 e. The van der Waals surface area contributed by atoms with Gasteiger partial charge in [0.2, 0.25) is 5.95 Å². The molecular formula is C19H23N5O5. The molecule has 1 aliphatic heterocycles. The topological polar surface area (TPSA) is 138 Å². The second kappa shape index (κ2) is 7.82. The van der Waals surface area contributed by atoms with Crippen molar-refractivity contribution in [3.63, 3.8) is 0 Å². The number of methoxy groups -OCH3 is 2. The average Bonchev–Trinajstić information content (AvgIpc) is 3.30. The molecule has 1 saturated heterocycles. The van der Waals surface area contributed by atoms with E-state index in [0.29, 0.717) is 41.2 Å². The first-order chi connectivity index (χ1) is 14.0. The first kappa shape index (κ1) is 19.4. The molecule has 1 aromatic carbocycles. The lowest BCUT2D eigenvalue weighted by atomic mass is 10.1. The van der Waals surface area contributed by atoms with Crippen molar-refractivity contribution in [2.45, 2.75) is 31.3 Å². The Bertz CT molecular complexity index is 1020. The van der Waals surface area contributed by atoms with Crippen LogP contribution in [-0.4, -0.2) is 62.8 Å². The molecule has 1 fully saturated rings. The third-order valence-corrected chi connectivity index (χ3v) is 5.00. The summed E-state index contributed by atoms with van der Waals surface area (Å²) in [5.74, 6) is 1.31. The number of aliphatic hydroxyl groups excluding tert-OH is 2. The fourth-order valence-corrected chi connectivity index (χ4v) is 3.67. The minimum absolute atomic E-state index is 0.0855. The molecule has 3 unspecified atom stereocenters. The van der Waals surface area contributed by atoms with Gasteiger partial charge >= 0.3 is 0 Å². The zero-order valence-electron chi connectivity index (χ0n) is 16.1. The van der Waals surface area contributed by atoms with E-state index >= 15 is 0 Å². The number of ether oxygens (including phenoxy) is 3. The van der Waals surface area contributed by atoms with Gasteiger partial charge in [0, 0.05) is 18.4 Å². The highest BCUT2D eigenvalue weighted by Gasteiger charge is 2.36. The monoisotopic (exact) mass is 401 g/mol. The highest BCUT2D eigenvalue weighted by Crippen LogP contribution is 2.34. The Morgan fingerprint density at radius 1 is 1.28 bits per heavy atom. The number of benzene rings is 1. The first-order valence-electron chi connectivity index (χ1n) is 9.18. The molecule has 0 spiro atoms. The van der Waals surface area contributed by atoms with E-state index in [2.05, 4.69) is 15.0 Å². The molecule has 3 aromatic rings. The van der Waals surface area contributed by atoms with E-state index in [9.17, 15) is 10.2 Å². The van der Waals surface area contributed by atoms with Crippen LogP contribution in [0.25, 0.3) is 11.2 Å². The van der Waals surface area contributed by atoms with Gasteiger partial charge in [-0.15, -0.1) is 0 Å². The van der Waals surface area contributed by atoms with E-state index < -0.39 is 18.4 Å². The molecule has 2 aromatic heterocycles. The van der Waals surface area contributed by atoms with Crippen LogP contribution in [0.2, 0.25) is 0 Å². The van der Waals surface area contributed by atoms with Gasteiger partial charge < -0.3 is 30.2 Å². The van der Waals surface area contributed by atoms with Crippen molar-refractivity contribution in [3.8, 4) is 11.5 Å². The van der Waals surface area contributed by atoms with Gasteiger partial charge in [-0.2, -0.15) is 4.98 Å². The lowest BCUT2D eigenvalue weighted by molar-refractivity contribution is -0.0486. The van der Waals surface area contributed by atoms with E-state index in [0.717, 1.165) is 5.56 Å². The molecule has 3 atom stereocenters. The summed E-state index contributed by atoms with van der Waals surface area (Å²) in [5.41, 5.74) is 8.44. The minimum atomic E-state index is -0.789. The lowest BCUT2D eigenvalue weighted by Gasteiger charge is -2.17. The summed E-state index contributed by atoms with van der Waals surface area (Å²) in [7, 11) is 3.16. The number of rotatable bonds is 6. The molecule has 0 saturated carbocycles. The zero-order chi connectivity index (χ0) is 20.5. The molecule has 0 bridgehead atoms. The summed E-state index contributed by atoms with van der Waals surface area (Å²) in [5, 5.41) is 19.7. The van der Waals surface area contributed by atoms with Crippen molar-refractivity contribution in [3.05, 3.63) is 35.8 Å². The molecule has 4 rings (SSSR count). The van der Waals surface area contributed by atoms with Gasteiger partial charge in [0.1, 0.15) is 11.6 Å². The molecule has 0 radical (unpaired) electrons. The lowest BCUT2D eigenvalue weighted by Crippen LogP contribution is -2.19. The number of fused-ring (bicyclic) bond motifs is 1. The quantitative estimate of drug-likeness (QED) is 0.543. The SMILES string of the molecule is COc1cccc(Cc2nc(N)nc3c2ncn3C2OC(CO)CC2O)c1OC. The van der Waals surface area contributed by atoms with Gasteiger partial charge in [-0.3, -0.25) is 4.57 Å². The van der Waals surface area contributed by atoms with Crippen molar-refractivity contribution in [1.82, 2.24) is 19.5 Å². The Morgan fingerprint density at radius 3 is 2.79 bits per heavy atom. The predicted molar refractivity (Wildman–Crippen MR) is 104 cm³/mol. The van der Waals surface area contributed by atoms with Gasteiger partial charge in [-0.05, 0) is 6.07 Å². The van der Waals surface area contributed by atoms with E-state index in [-0.39, 0.29) is 12.6 Å². The van der Waals surface area contributed by atoms with Crippen LogP contribution in [0.4, 0.5) is 5.95 Å². The van der Waals surface area contributed by atoms with Crippen molar-refractivity contribution in [1.29, 1.82) is 0 Å². The van der Waals surface area contributed by atoms with Crippen LogP contribution < -0.4 is 15.2 Å². The standard InChI is InChI=1S/C19H23N5O5/c1-27-14-5-3-4-10(16(14)28-2)6-12-15-17(23-19(20)22-12)24(9-21-15)18-13(26)7-11(8-25)29-18/h3-5,9,11,13,18,25-26H,6-8H2,1-2H3,(H2,20,22,23). The maximum absolute atomic E-state index is 10.3. The highest BCUT2D eigenvalue weighted by atomic mass is 16.5. The number of hydrogen-bond acceptors (Lipinski definition) is 9. The van der Waals surface area contributed by atoms with Crippen LogP contribution in [0.5, 0.6) is 11.5 Å². The molecular weight excluding hydrogens is 378 g/mol. The van der Waals surface area contributed by atoms with E-state index in [1.54, 1.807) is 25.1 Å². The molecule has 0 amide bonds. The summed E-state index contributed by atoms with van der Waals surface area (Å²) in [6.07, 6.45) is 0.336. The number of aromatic nitrogens is 4. The zero-order valence-corrected chi connectivity index (χ0v) is 16.1. The second-order valence-electron chi connectivity index (χ2n) is 6.82. The summed E-state index contributed by atoms with van der Waals surface area (Å²) in [6.45, 7) is -0.168. The Hall–Kier alpha value is -2.95. The van der Waals surface area contributed by atoms with Gasteiger partial charge in [-0.25, -0.2) is 9.97 Å². The molecule has 154 valence electrons. The number of nitrogens with zero attached hydrogens (tertiary/aromatic N) is 4. The number of imidazole rings is 1. The van der Waals surface area contributed by atoms with Crippen molar-refractivity contribution >= 4 is 17.1 Å². The number of anilines is 1. The average molecular weight is 401 g/mol. The van der Waals surface area contributed by atoms with Crippen LogP contribution in [0.15, 0.2) is 24.5 Å². The third kappa shape index (κ3) is 3.46. The minimum Gasteiger partial charge on any atom is -0.493 e. The Balaban J connectivity index is 1.75. The summed E-state index contributed by atoms with van der Waals surface area (Å²) >= 11 is 0. The smallest absolute Gasteiger partial charge is 0.222 e. The number of para-hydroxylation sites is 1. The van der Waals surface area contributed by atoms with Crippen molar-refractivity contribution < 1.29 is 24.4 Å². The van der Waals surface area contributed by atoms with Crippen LogP contribution >= 0.6 is 0 Å². The molecule has 0 aliphatic carbocycles. The normalized spacial score (nSPS) is 21.6. The first-order valence-corrected chi connectivity index (χ1v) is 9.18. The molecule has 29 heavy (non-hydrogen) atoms. The van der Waals surface area contributed by atoms with Gasteiger partial charge in [0.15, 0.2) is 23.4 Å². The Labute approximate surface area is 166 Å². The van der Waals surface area contributed by atoms with Crippen LogP contribution in [0, 0.1) is 0 Å². The summed E-state index contributed by atoms with van der Waals surface area (Å²) in [4.78, 5) is 13.1. The van der Waals surface area contributed by atoms with E-state index in [1.165, 1.54) is 0 Å². The molecule has 1 aliphatic rings. The Morgan fingerprint density at radius 2 is 2.10 bits per heavy atom. The highest BCUT2D eigenvalue weighted by molar-refractivity contribution is 5.75. The van der Waals surface area contributed by atoms with E-state index in [4.69, 9.17) is 19.9 Å². The number of nitrogen functional groups attached to an aromatic ring is 1. The van der Waals surface area contributed by atoms with Crippen molar-refractivity contribution in [2.24, 2.45) is 0 Å². The van der Waals surface area contributed by atoms with Crippen molar-refractivity contribution in [2.75, 3.05) is 26.6 Å². The number of hydrogen-bond donors (Lipinski definition) is 3. The second-order valence-corrected chi connectivity index (χ2v) is 6.82. The predicted octanol–water partition coefficient (Wildman–Crippen LogP) is 0.657. The molecule has 3 heterocycles. The van der Waals surface area contributed by atoms with Crippen LogP contribution in [-0.2, 0) is 11.2 Å². The fourth-order valence-electron chi connectivity index (χ4n) is 3.67. The van der Waals surface area contributed by atoms with Gasteiger partial charge in [-0.1, -0.05) is 12.1 Å². The summed E-state index contributed by atoms with van der Waals surface area (Å²) < 4.78 is 18.2.